The van der Waals surface area contributed by atoms with Crippen LogP contribution in [0.25, 0.3) is 22.4 Å². The van der Waals surface area contributed by atoms with Gasteiger partial charge in [-0.05, 0) is 49.8 Å². The lowest BCUT2D eigenvalue weighted by molar-refractivity contribution is -0.191. The second kappa shape index (κ2) is 7.93. The Labute approximate surface area is 193 Å². The molecule has 2 aliphatic heterocycles. The number of halogens is 3. The lowest BCUT2D eigenvalue weighted by Crippen LogP contribution is -2.60. The molecule has 2 aromatic heterocycles. The third-order valence-corrected chi connectivity index (χ3v) is 7.21. The minimum Gasteiger partial charge on any atom is -0.507 e. The van der Waals surface area contributed by atoms with Crippen molar-refractivity contribution in [3.05, 3.63) is 36.8 Å². The summed E-state index contributed by atoms with van der Waals surface area (Å²) in [6, 6.07) is 3.96. The van der Waals surface area contributed by atoms with Crippen LogP contribution in [0.3, 0.4) is 0 Å². The number of aromatic nitrogens is 5. The molecule has 0 spiro atoms. The van der Waals surface area contributed by atoms with Crippen molar-refractivity contribution in [3.8, 4) is 28.1 Å². The first-order valence-electron chi connectivity index (χ1n) is 11.5. The lowest BCUT2D eigenvalue weighted by atomic mass is 9.85. The van der Waals surface area contributed by atoms with Crippen LogP contribution in [0.1, 0.15) is 32.1 Å². The number of hydrogen-bond donors (Lipinski definition) is 3. The zero-order valence-corrected chi connectivity index (χ0v) is 18.2. The second-order valence-corrected chi connectivity index (χ2v) is 9.42. The first kappa shape index (κ1) is 21.3. The highest BCUT2D eigenvalue weighted by Crippen LogP contribution is 2.46. The highest BCUT2D eigenvalue weighted by Gasteiger charge is 2.57. The average Bonchev–Trinajstić information content (AvgIpc) is 3.34. The third-order valence-electron chi connectivity index (χ3n) is 7.21. The monoisotopic (exact) mass is 471 g/mol. The van der Waals surface area contributed by atoms with Crippen LogP contribution in [0.15, 0.2) is 36.8 Å². The van der Waals surface area contributed by atoms with Gasteiger partial charge in [0.05, 0.1) is 18.3 Å². The van der Waals surface area contributed by atoms with Crippen LogP contribution in [-0.2, 0) is 0 Å². The number of nitrogens with zero attached hydrogens (tertiary/aromatic N) is 5. The molecule has 3 aliphatic rings. The minimum atomic E-state index is -4.30. The van der Waals surface area contributed by atoms with Crippen molar-refractivity contribution >= 4 is 5.95 Å². The SMILES string of the molecule is Oc1cc(-c2cn[nH]c2)ccc1-c1cnc(N(C2CC2)[C@@H]2C[C@H]3CCC(N3)[C@@H]2C(F)(F)F)nn1. The van der Waals surface area contributed by atoms with E-state index in [1.54, 1.807) is 29.4 Å². The van der Waals surface area contributed by atoms with E-state index in [0.717, 1.165) is 30.4 Å². The number of hydrogen-bond acceptors (Lipinski definition) is 7. The molecule has 3 N–H and O–H groups in total. The molecule has 4 heterocycles. The van der Waals surface area contributed by atoms with E-state index in [4.69, 9.17) is 0 Å². The number of rotatable bonds is 5. The van der Waals surface area contributed by atoms with Gasteiger partial charge in [0, 0.05) is 41.5 Å². The summed E-state index contributed by atoms with van der Waals surface area (Å²) in [6.45, 7) is 0. The largest absolute Gasteiger partial charge is 0.507 e. The minimum absolute atomic E-state index is 0.00245. The van der Waals surface area contributed by atoms with Crippen molar-refractivity contribution in [1.82, 2.24) is 30.7 Å². The number of aromatic hydroxyl groups is 1. The molecular weight excluding hydrogens is 447 g/mol. The Bertz CT molecular complexity index is 1160. The number of piperidine rings is 1. The van der Waals surface area contributed by atoms with Crippen LogP contribution in [-0.4, -0.2) is 60.8 Å². The summed E-state index contributed by atoms with van der Waals surface area (Å²) in [6.07, 6.45) is 3.91. The molecular formula is C23H24F3N7O. The normalized spacial score (nSPS) is 26.6. The van der Waals surface area contributed by atoms with Gasteiger partial charge in [0.25, 0.3) is 0 Å². The van der Waals surface area contributed by atoms with E-state index in [0.29, 0.717) is 24.1 Å². The smallest absolute Gasteiger partial charge is 0.395 e. The lowest BCUT2D eigenvalue weighted by Gasteiger charge is -2.44. The molecule has 1 aliphatic carbocycles. The first-order valence-corrected chi connectivity index (χ1v) is 11.5. The van der Waals surface area contributed by atoms with Crippen LogP contribution in [0.5, 0.6) is 5.75 Å². The molecule has 1 saturated carbocycles. The highest BCUT2D eigenvalue weighted by molar-refractivity contribution is 5.73. The molecule has 1 unspecified atom stereocenters. The van der Waals surface area contributed by atoms with Gasteiger partial charge in [-0.15, -0.1) is 10.2 Å². The van der Waals surface area contributed by atoms with Gasteiger partial charge in [0.1, 0.15) is 11.4 Å². The molecule has 2 saturated heterocycles. The first-order chi connectivity index (χ1) is 16.4. The number of alkyl halides is 3. The van der Waals surface area contributed by atoms with Crippen molar-refractivity contribution in [2.45, 2.75) is 62.4 Å². The van der Waals surface area contributed by atoms with Gasteiger partial charge in [-0.3, -0.25) is 5.10 Å². The molecule has 178 valence electrons. The third kappa shape index (κ3) is 3.77. The molecule has 11 heteroatoms. The van der Waals surface area contributed by atoms with E-state index in [9.17, 15) is 18.3 Å². The Morgan fingerprint density at radius 2 is 1.88 bits per heavy atom. The number of phenolic OH excluding ortho intramolecular Hbond substituents is 1. The van der Waals surface area contributed by atoms with Gasteiger partial charge < -0.3 is 15.3 Å². The van der Waals surface area contributed by atoms with Crippen LogP contribution in [0, 0.1) is 5.92 Å². The summed E-state index contributed by atoms with van der Waals surface area (Å²) in [5, 5.41) is 28.8. The predicted octanol–water partition coefficient (Wildman–Crippen LogP) is 3.67. The number of H-pyrrole nitrogens is 1. The second-order valence-electron chi connectivity index (χ2n) is 9.42. The summed E-state index contributed by atoms with van der Waals surface area (Å²) in [7, 11) is 0. The van der Waals surface area contributed by atoms with Crippen LogP contribution in [0.4, 0.5) is 19.1 Å². The Balaban J connectivity index is 1.30. The molecule has 1 aromatic carbocycles. The number of anilines is 1. The Kier molecular flexibility index (Phi) is 4.98. The maximum Gasteiger partial charge on any atom is 0.395 e. The van der Waals surface area contributed by atoms with E-state index >= 15 is 0 Å². The van der Waals surface area contributed by atoms with Gasteiger partial charge in [-0.25, -0.2) is 4.98 Å². The molecule has 0 radical (unpaired) electrons. The van der Waals surface area contributed by atoms with Crippen molar-refractivity contribution in [2.75, 3.05) is 4.90 Å². The predicted molar refractivity (Wildman–Crippen MR) is 118 cm³/mol. The number of nitrogens with one attached hydrogen (secondary N) is 2. The molecule has 3 aromatic rings. The van der Waals surface area contributed by atoms with E-state index in [1.165, 1.54) is 6.20 Å². The summed E-state index contributed by atoms with van der Waals surface area (Å²) in [5.41, 5.74) is 2.42. The van der Waals surface area contributed by atoms with Gasteiger partial charge in [0.2, 0.25) is 5.95 Å². The van der Waals surface area contributed by atoms with Crippen molar-refractivity contribution in [3.63, 3.8) is 0 Å². The van der Waals surface area contributed by atoms with Gasteiger partial charge in [0.15, 0.2) is 0 Å². The zero-order chi connectivity index (χ0) is 23.4. The summed E-state index contributed by atoms with van der Waals surface area (Å²) in [4.78, 5) is 6.20. The Morgan fingerprint density at radius 3 is 2.53 bits per heavy atom. The van der Waals surface area contributed by atoms with E-state index in [2.05, 4.69) is 30.7 Å². The van der Waals surface area contributed by atoms with Gasteiger partial charge >= 0.3 is 6.18 Å². The number of benzene rings is 1. The molecule has 4 atom stereocenters. The number of phenols is 1. The molecule has 8 nitrogen and oxygen atoms in total. The Hall–Kier alpha value is -3.21. The number of fused-ring (bicyclic) bond motifs is 2. The van der Waals surface area contributed by atoms with Crippen LogP contribution < -0.4 is 10.2 Å². The quantitative estimate of drug-likeness (QED) is 0.522. The summed E-state index contributed by atoms with van der Waals surface area (Å²) < 4.78 is 42.3. The molecule has 6 rings (SSSR count). The van der Waals surface area contributed by atoms with E-state index in [-0.39, 0.29) is 23.8 Å². The average molecular weight is 471 g/mol. The maximum atomic E-state index is 14.1. The van der Waals surface area contributed by atoms with Crippen molar-refractivity contribution in [1.29, 1.82) is 0 Å². The van der Waals surface area contributed by atoms with Crippen LogP contribution >= 0.6 is 0 Å². The van der Waals surface area contributed by atoms with E-state index in [1.807, 2.05) is 6.07 Å². The number of aromatic amines is 1. The molecule has 0 amide bonds. The molecule has 2 bridgehead atoms. The topological polar surface area (TPSA) is 103 Å². The van der Waals surface area contributed by atoms with Gasteiger partial charge in [-0.1, -0.05) is 6.07 Å². The summed E-state index contributed by atoms with van der Waals surface area (Å²) in [5.74, 6) is -1.23. The fourth-order valence-electron chi connectivity index (χ4n) is 5.54. The van der Waals surface area contributed by atoms with Gasteiger partial charge in [-0.2, -0.15) is 18.3 Å². The van der Waals surface area contributed by atoms with Crippen molar-refractivity contribution < 1.29 is 18.3 Å². The van der Waals surface area contributed by atoms with E-state index < -0.39 is 24.2 Å². The standard InChI is InChI=1S/C23H24F3N7O/c24-23(25,26)21-17-6-2-14(30-17)8-19(21)33(15-3-4-15)22-27-11-18(31-32-22)16-5-1-12(7-20(16)34)13-9-28-29-10-13/h1,5,7,9-11,14-15,17,19,21,30,34H,2-4,6,8H2,(H,28,29)/t14-,17?,19-,21+/m1/s1. The molecule has 3 fully saturated rings. The van der Waals surface area contributed by atoms with Crippen molar-refractivity contribution in [2.24, 2.45) is 5.92 Å². The Morgan fingerprint density at radius 1 is 1.03 bits per heavy atom. The maximum absolute atomic E-state index is 14.1. The fourth-order valence-corrected chi connectivity index (χ4v) is 5.54. The fraction of sp³-hybridized carbons (Fsp3) is 0.478. The molecule has 34 heavy (non-hydrogen) atoms. The summed E-state index contributed by atoms with van der Waals surface area (Å²) >= 11 is 0. The zero-order valence-electron chi connectivity index (χ0n) is 18.2. The highest BCUT2D eigenvalue weighted by atomic mass is 19.4. The van der Waals surface area contributed by atoms with Crippen LogP contribution in [0.2, 0.25) is 0 Å².